The Hall–Kier alpha value is -4.22. The Morgan fingerprint density at radius 1 is 1.07 bits per heavy atom. The number of ketones is 1. The zero-order valence-electron chi connectivity index (χ0n) is 26.0. The fourth-order valence-electron chi connectivity index (χ4n) is 5.53. The van der Waals surface area contributed by atoms with Crippen molar-refractivity contribution in [2.45, 2.75) is 84.6 Å². The van der Waals surface area contributed by atoms with Crippen LogP contribution < -0.4 is 27.2 Å². The smallest absolute Gasteiger partial charge is 0.315 e. The van der Waals surface area contributed by atoms with Crippen molar-refractivity contribution < 1.29 is 24.0 Å². The molecule has 12 nitrogen and oxygen atoms in total. The van der Waals surface area contributed by atoms with Crippen molar-refractivity contribution in [1.29, 1.82) is 0 Å². The molecule has 44 heavy (non-hydrogen) atoms. The molecule has 1 aliphatic heterocycles. The van der Waals surface area contributed by atoms with Gasteiger partial charge in [0.2, 0.25) is 17.6 Å². The van der Waals surface area contributed by atoms with Gasteiger partial charge < -0.3 is 31.2 Å². The van der Waals surface area contributed by atoms with E-state index >= 15 is 0 Å². The molecule has 1 aromatic rings. The highest BCUT2D eigenvalue weighted by Gasteiger charge is 2.52. The molecular formula is C32H44N6O6. The van der Waals surface area contributed by atoms with Crippen molar-refractivity contribution in [1.82, 2.24) is 25.4 Å². The second-order valence-electron chi connectivity index (χ2n) is 13.4. The van der Waals surface area contributed by atoms with Crippen molar-refractivity contribution in [3.05, 3.63) is 58.6 Å². The zero-order valence-corrected chi connectivity index (χ0v) is 26.0. The van der Waals surface area contributed by atoms with E-state index in [-0.39, 0.29) is 36.4 Å². The summed E-state index contributed by atoms with van der Waals surface area (Å²) in [4.78, 5) is 78.8. The number of urea groups is 1. The average molecular weight is 609 g/mol. The predicted molar refractivity (Wildman–Crippen MR) is 164 cm³/mol. The van der Waals surface area contributed by atoms with Gasteiger partial charge in [0, 0.05) is 31.3 Å². The number of rotatable bonds is 12. The van der Waals surface area contributed by atoms with E-state index in [0.717, 1.165) is 24.8 Å². The molecule has 1 saturated heterocycles. The minimum atomic E-state index is -1.23. The largest absolute Gasteiger partial charge is 0.363 e. The third-order valence-electron chi connectivity index (χ3n) is 8.62. The molecule has 3 aliphatic rings. The van der Waals surface area contributed by atoms with Crippen LogP contribution in [0.5, 0.6) is 0 Å². The number of carbonyl (C=O) groups is 5. The van der Waals surface area contributed by atoms with E-state index < -0.39 is 59.1 Å². The first-order valence-electron chi connectivity index (χ1n) is 15.2. The molecule has 2 unspecified atom stereocenters. The van der Waals surface area contributed by atoms with Crippen LogP contribution in [-0.4, -0.2) is 69.7 Å². The Morgan fingerprint density at radius 2 is 1.77 bits per heavy atom. The number of nitrogens with one attached hydrogen (secondary N) is 3. The van der Waals surface area contributed by atoms with Gasteiger partial charge in [-0.25, -0.2) is 4.79 Å². The first-order valence-corrected chi connectivity index (χ1v) is 15.2. The van der Waals surface area contributed by atoms with Crippen LogP contribution >= 0.6 is 0 Å². The third kappa shape index (κ3) is 7.64. The second kappa shape index (κ2) is 13.2. The lowest BCUT2D eigenvalue weighted by atomic mass is 9.85. The Bertz CT molecular complexity index is 1420. The maximum Gasteiger partial charge on any atom is 0.315 e. The highest BCUT2D eigenvalue weighted by atomic mass is 16.2. The van der Waals surface area contributed by atoms with Gasteiger partial charge in [-0.05, 0) is 41.7 Å². The number of allylic oxidation sites excluding steroid dienone is 1. The van der Waals surface area contributed by atoms with Gasteiger partial charge in [-0.1, -0.05) is 65.3 Å². The van der Waals surface area contributed by atoms with Crippen molar-refractivity contribution in [2.24, 2.45) is 28.9 Å². The summed E-state index contributed by atoms with van der Waals surface area (Å²) in [6, 6.07) is 0.665. The lowest BCUT2D eigenvalue weighted by Gasteiger charge is -2.36. The molecule has 0 spiro atoms. The number of aromatic nitrogens is 1. The van der Waals surface area contributed by atoms with E-state index in [1.165, 1.54) is 21.6 Å². The van der Waals surface area contributed by atoms with Gasteiger partial charge in [-0.3, -0.25) is 24.0 Å². The maximum atomic E-state index is 14.0. The van der Waals surface area contributed by atoms with Crippen LogP contribution in [-0.2, 0) is 25.7 Å². The molecule has 2 fully saturated rings. The lowest BCUT2D eigenvalue weighted by molar-refractivity contribution is -0.142. The summed E-state index contributed by atoms with van der Waals surface area (Å²) >= 11 is 0. The molecule has 1 aromatic heterocycles. The van der Waals surface area contributed by atoms with Crippen molar-refractivity contribution in [3.63, 3.8) is 0 Å². The molecular weight excluding hydrogens is 564 g/mol. The van der Waals surface area contributed by atoms with E-state index in [1.807, 2.05) is 46.8 Å². The number of carbonyl (C=O) groups excluding carboxylic acids is 5. The van der Waals surface area contributed by atoms with Crippen molar-refractivity contribution in [3.8, 4) is 0 Å². The quantitative estimate of drug-likeness (QED) is 0.205. The predicted octanol–water partition coefficient (Wildman–Crippen LogP) is 1.25. The topological polar surface area (TPSA) is 173 Å². The Labute approximate surface area is 257 Å². The fourth-order valence-corrected chi connectivity index (χ4v) is 5.53. The van der Waals surface area contributed by atoms with E-state index in [1.54, 1.807) is 18.3 Å². The molecule has 0 radical (unpaired) electrons. The lowest BCUT2D eigenvalue weighted by Crippen LogP contribution is -2.61. The molecule has 12 heteroatoms. The molecule has 2 heterocycles. The summed E-state index contributed by atoms with van der Waals surface area (Å²) in [5.41, 5.74) is 5.10. The van der Waals surface area contributed by atoms with Crippen molar-refractivity contribution in [2.75, 3.05) is 6.54 Å². The van der Waals surface area contributed by atoms with Crippen LogP contribution in [0.2, 0.25) is 0 Å². The van der Waals surface area contributed by atoms with Gasteiger partial charge in [0.05, 0.1) is 6.04 Å². The minimum absolute atomic E-state index is 0.0169. The van der Waals surface area contributed by atoms with Crippen LogP contribution in [0.25, 0.3) is 0 Å². The first-order chi connectivity index (χ1) is 20.7. The third-order valence-corrected chi connectivity index (χ3v) is 8.62. The number of nitrogens with zero attached hydrogens (tertiary/aromatic N) is 2. The summed E-state index contributed by atoms with van der Waals surface area (Å²) in [6.45, 7) is 9.82. The normalized spacial score (nSPS) is 21.5. The number of likely N-dealkylation sites (tertiary alicyclic amines) is 1. The number of pyridine rings is 1. The highest BCUT2D eigenvalue weighted by molar-refractivity contribution is 6.38. The monoisotopic (exact) mass is 608 g/mol. The summed E-state index contributed by atoms with van der Waals surface area (Å²) in [5, 5.41) is 8.37. The van der Waals surface area contributed by atoms with Crippen LogP contribution in [0.15, 0.2) is 53.0 Å². The van der Waals surface area contributed by atoms with Crippen molar-refractivity contribution >= 4 is 29.5 Å². The fraction of sp³-hybridized carbons (Fsp3) is 0.562. The molecule has 4 rings (SSSR count). The number of hydrogen-bond donors (Lipinski definition) is 4. The van der Waals surface area contributed by atoms with Crippen LogP contribution in [0.1, 0.15) is 53.9 Å². The van der Waals surface area contributed by atoms with Gasteiger partial charge in [-0.2, -0.15) is 0 Å². The summed E-state index contributed by atoms with van der Waals surface area (Å²) in [6.07, 6.45) is 9.90. The van der Waals surface area contributed by atoms with Gasteiger partial charge in [-0.15, -0.1) is 0 Å². The van der Waals surface area contributed by atoms with Crippen LogP contribution in [0, 0.1) is 23.2 Å². The molecule has 1 saturated carbocycles. The van der Waals surface area contributed by atoms with Gasteiger partial charge in [0.25, 0.3) is 11.5 Å². The van der Waals surface area contributed by atoms with Gasteiger partial charge in [0.15, 0.2) is 0 Å². The van der Waals surface area contributed by atoms with E-state index in [9.17, 15) is 28.8 Å². The molecule has 5 atom stereocenters. The number of fused-ring (bicyclic) bond motifs is 1. The highest BCUT2D eigenvalue weighted by Crippen LogP contribution is 2.43. The van der Waals surface area contributed by atoms with Gasteiger partial charge in [0.1, 0.15) is 18.1 Å². The Morgan fingerprint density at radius 3 is 2.34 bits per heavy atom. The minimum Gasteiger partial charge on any atom is -0.363 e. The molecule has 5 N–H and O–H groups in total. The SMILES string of the molecule is CC(C)[C@@H](Cn1ccccc1=O)NC(=O)N[C@H](C(=O)N1CC2C=C2[C@H]1C(=O)NC(/C=C/C1CCC1)C(=O)C(N)=O)C(C)(C)C. The molecule has 0 bridgehead atoms. The van der Waals surface area contributed by atoms with Crippen LogP contribution in [0.4, 0.5) is 4.79 Å². The van der Waals surface area contributed by atoms with E-state index in [0.29, 0.717) is 0 Å². The van der Waals surface area contributed by atoms with E-state index in [2.05, 4.69) is 16.0 Å². The molecule has 2 aliphatic carbocycles. The van der Waals surface area contributed by atoms with Crippen LogP contribution in [0.3, 0.4) is 0 Å². The maximum absolute atomic E-state index is 14.0. The summed E-state index contributed by atoms with van der Waals surface area (Å²) in [5.74, 6) is -2.92. The zero-order chi connectivity index (χ0) is 32.3. The number of amides is 5. The Kier molecular flexibility index (Phi) is 9.80. The summed E-state index contributed by atoms with van der Waals surface area (Å²) < 4.78 is 1.52. The molecule has 5 amide bonds. The first kappa shape index (κ1) is 32.7. The molecule has 0 aromatic carbocycles. The summed E-state index contributed by atoms with van der Waals surface area (Å²) in [7, 11) is 0. The molecule has 238 valence electrons. The number of nitrogens with two attached hydrogens (primary N) is 1. The van der Waals surface area contributed by atoms with Gasteiger partial charge >= 0.3 is 6.03 Å². The standard InChI is InChI=1S/C32H44N6O6/c1-18(2)23(17-37-14-7-6-11-24(37)39)35-31(44)36-27(32(3,4)5)30(43)38-16-20-15-21(20)25(38)29(42)34-22(26(40)28(33)41)13-12-19-9-8-10-19/h6-7,11-15,18-20,22-23,25,27H,8-10,16-17H2,1-5H3,(H2,33,41)(H,34,42)(H2,35,36,44)/b13-12+/t20?,22?,23-,25+,27-/m1/s1. The average Bonchev–Trinajstić information content (AvgIpc) is 3.58. The number of Topliss-reactive ketones (excluding diaryl/α,β-unsaturated/α-hetero) is 1. The Balaban J connectivity index is 1.48. The van der Waals surface area contributed by atoms with E-state index in [4.69, 9.17) is 5.73 Å². The number of primary amides is 1. The second-order valence-corrected chi connectivity index (χ2v) is 13.4. The number of hydrogen-bond acceptors (Lipinski definition) is 6.